The fourth-order valence-electron chi connectivity index (χ4n) is 2.93. The van der Waals surface area contributed by atoms with Gasteiger partial charge in [0.1, 0.15) is 17.1 Å². The fraction of sp³-hybridized carbons (Fsp3) is 0.125. The number of hydrogen-bond donors (Lipinski definition) is 2. The predicted molar refractivity (Wildman–Crippen MR) is 116 cm³/mol. The number of rotatable bonds is 8. The van der Waals surface area contributed by atoms with Gasteiger partial charge in [-0.3, -0.25) is 4.79 Å². The first kappa shape index (κ1) is 21.6. The number of aromatic hydroxyl groups is 1. The van der Waals surface area contributed by atoms with Crippen LogP contribution in [0.4, 0.5) is 0 Å². The van der Waals surface area contributed by atoms with Crippen molar-refractivity contribution in [3.05, 3.63) is 95.1 Å². The van der Waals surface area contributed by atoms with Gasteiger partial charge in [-0.05, 0) is 35.4 Å². The third kappa shape index (κ3) is 5.70. The van der Waals surface area contributed by atoms with Crippen LogP contribution in [0, 0.1) is 0 Å². The number of hydrogen-bond acceptors (Lipinski definition) is 5. The number of ether oxygens (including phenoxy) is 1. The van der Waals surface area contributed by atoms with Gasteiger partial charge in [-0.2, -0.15) is 5.10 Å². The molecule has 3 rings (SSSR count). The molecule has 0 aliphatic carbocycles. The lowest BCUT2D eigenvalue weighted by atomic mass is 10.1. The van der Waals surface area contributed by atoms with Crippen LogP contribution in [0.5, 0.6) is 11.5 Å². The van der Waals surface area contributed by atoms with E-state index in [4.69, 9.17) is 4.74 Å². The summed E-state index contributed by atoms with van der Waals surface area (Å²) in [6, 6.07) is 20.9. The third-order valence-electron chi connectivity index (χ3n) is 4.61. The maximum Gasteiger partial charge on any atom is 0.339 e. The maximum atomic E-state index is 13.0. The first-order valence-corrected chi connectivity index (χ1v) is 9.54. The van der Waals surface area contributed by atoms with Crippen molar-refractivity contribution >= 4 is 18.1 Å². The van der Waals surface area contributed by atoms with Gasteiger partial charge < -0.3 is 14.9 Å². The standard InChI is InChI=1S/C24H22N2O5/c1-31-20-12-10-18(11-13-20)16-26(22(27)14-17-6-3-2-4-7-17)25-15-19-8-5-9-21(23(19)28)24(29)30/h2-13,15,28H,14,16H2,1H3,(H,29,30)/b25-15+. The number of amides is 1. The maximum absolute atomic E-state index is 13.0. The molecule has 0 aromatic heterocycles. The van der Waals surface area contributed by atoms with Gasteiger partial charge in [0, 0.05) is 5.56 Å². The molecule has 7 nitrogen and oxygen atoms in total. The van der Waals surface area contributed by atoms with Gasteiger partial charge in [-0.15, -0.1) is 0 Å². The van der Waals surface area contributed by atoms with E-state index in [2.05, 4.69) is 5.10 Å². The molecule has 0 fully saturated rings. The third-order valence-corrected chi connectivity index (χ3v) is 4.61. The van der Waals surface area contributed by atoms with Crippen molar-refractivity contribution < 1.29 is 24.5 Å². The van der Waals surface area contributed by atoms with Crippen LogP contribution in [0.25, 0.3) is 0 Å². The van der Waals surface area contributed by atoms with Crippen molar-refractivity contribution in [1.29, 1.82) is 0 Å². The van der Waals surface area contributed by atoms with Crippen LogP contribution in [0.15, 0.2) is 77.9 Å². The van der Waals surface area contributed by atoms with Gasteiger partial charge in [0.25, 0.3) is 0 Å². The summed E-state index contributed by atoms with van der Waals surface area (Å²) >= 11 is 0. The number of aromatic carboxylic acids is 1. The van der Waals surface area contributed by atoms with E-state index in [1.807, 2.05) is 42.5 Å². The summed E-state index contributed by atoms with van der Waals surface area (Å²) in [6.07, 6.45) is 1.43. The Balaban J connectivity index is 1.87. The average molecular weight is 418 g/mol. The molecule has 0 spiro atoms. The number of para-hydroxylation sites is 1. The molecule has 0 saturated heterocycles. The fourth-order valence-corrected chi connectivity index (χ4v) is 2.93. The largest absolute Gasteiger partial charge is 0.506 e. The molecule has 0 heterocycles. The average Bonchev–Trinajstić information content (AvgIpc) is 2.78. The summed E-state index contributed by atoms with van der Waals surface area (Å²) in [5.74, 6) is -1.20. The van der Waals surface area contributed by atoms with Crippen LogP contribution in [0.3, 0.4) is 0 Å². The van der Waals surface area contributed by atoms with Crippen LogP contribution in [0.2, 0.25) is 0 Å². The molecule has 3 aromatic carbocycles. The van der Waals surface area contributed by atoms with E-state index in [1.165, 1.54) is 29.4 Å². The summed E-state index contributed by atoms with van der Waals surface area (Å²) in [7, 11) is 1.58. The molecule has 0 radical (unpaired) electrons. The van der Waals surface area contributed by atoms with Gasteiger partial charge >= 0.3 is 5.97 Å². The Labute approximate surface area is 179 Å². The molecule has 0 aliphatic heterocycles. The van der Waals surface area contributed by atoms with Gasteiger partial charge in [-0.1, -0.05) is 48.5 Å². The molecule has 0 unspecified atom stereocenters. The minimum Gasteiger partial charge on any atom is -0.506 e. The van der Waals surface area contributed by atoms with Crippen molar-refractivity contribution in [2.75, 3.05) is 7.11 Å². The van der Waals surface area contributed by atoms with E-state index >= 15 is 0 Å². The molecule has 2 N–H and O–H groups in total. The van der Waals surface area contributed by atoms with Crippen molar-refractivity contribution in [1.82, 2.24) is 5.01 Å². The molecule has 0 atom stereocenters. The Morgan fingerprint density at radius 2 is 1.68 bits per heavy atom. The lowest BCUT2D eigenvalue weighted by Gasteiger charge is -2.18. The highest BCUT2D eigenvalue weighted by Gasteiger charge is 2.16. The molecule has 1 amide bonds. The number of carboxylic acid groups (broad SMARTS) is 1. The number of carbonyl (C=O) groups excluding carboxylic acids is 1. The first-order valence-electron chi connectivity index (χ1n) is 9.54. The monoisotopic (exact) mass is 418 g/mol. The zero-order valence-electron chi connectivity index (χ0n) is 16.9. The highest BCUT2D eigenvalue weighted by Crippen LogP contribution is 2.21. The van der Waals surface area contributed by atoms with Gasteiger partial charge in [0.2, 0.25) is 5.91 Å². The van der Waals surface area contributed by atoms with E-state index in [0.29, 0.717) is 5.75 Å². The molecule has 0 aliphatic rings. The quantitative estimate of drug-likeness (QED) is 0.429. The molecular weight excluding hydrogens is 396 g/mol. The van der Waals surface area contributed by atoms with Crippen LogP contribution in [-0.2, 0) is 17.8 Å². The summed E-state index contributed by atoms with van der Waals surface area (Å²) < 4.78 is 5.16. The molecule has 0 bridgehead atoms. The van der Waals surface area contributed by atoms with Crippen LogP contribution in [0.1, 0.15) is 27.0 Å². The summed E-state index contributed by atoms with van der Waals surface area (Å²) in [5, 5.41) is 24.9. The van der Waals surface area contributed by atoms with Crippen molar-refractivity contribution in [3.8, 4) is 11.5 Å². The van der Waals surface area contributed by atoms with E-state index in [-0.39, 0.29) is 30.0 Å². The normalized spacial score (nSPS) is 10.7. The minimum absolute atomic E-state index is 0.148. The number of carboxylic acids is 1. The van der Waals surface area contributed by atoms with E-state index in [1.54, 1.807) is 19.2 Å². The zero-order valence-corrected chi connectivity index (χ0v) is 16.9. The second-order valence-corrected chi connectivity index (χ2v) is 6.75. The second-order valence-electron chi connectivity index (χ2n) is 6.75. The van der Waals surface area contributed by atoms with E-state index in [0.717, 1.165) is 11.1 Å². The number of benzene rings is 3. The summed E-state index contributed by atoms with van der Waals surface area (Å²) in [6.45, 7) is 0.200. The van der Waals surface area contributed by atoms with Crippen LogP contribution < -0.4 is 4.74 Å². The van der Waals surface area contributed by atoms with Crippen molar-refractivity contribution in [2.24, 2.45) is 5.10 Å². The van der Waals surface area contributed by atoms with Gasteiger partial charge in [-0.25, -0.2) is 9.80 Å². The highest BCUT2D eigenvalue weighted by atomic mass is 16.5. The molecular formula is C24H22N2O5. The number of hydrazone groups is 1. The topological polar surface area (TPSA) is 99.4 Å². The Morgan fingerprint density at radius 1 is 0.968 bits per heavy atom. The number of methoxy groups -OCH3 is 1. The molecule has 158 valence electrons. The summed E-state index contributed by atoms with van der Waals surface area (Å²) in [4.78, 5) is 24.2. The predicted octanol–water partition coefficient (Wildman–Crippen LogP) is 3.70. The SMILES string of the molecule is COc1ccc(CN(/N=C/c2cccc(C(=O)O)c2O)C(=O)Cc2ccccc2)cc1. The number of nitrogens with zero attached hydrogens (tertiary/aromatic N) is 2. The molecule has 0 saturated carbocycles. The van der Waals surface area contributed by atoms with Crippen LogP contribution in [-0.4, -0.2) is 40.4 Å². The minimum atomic E-state index is -1.25. The van der Waals surface area contributed by atoms with E-state index in [9.17, 15) is 19.8 Å². The van der Waals surface area contributed by atoms with Crippen molar-refractivity contribution in [3.63, 3.8) is 0 Å². The second kappa shape index (κ2) is 10.1. The summed E-state index contributed by atoms with van der Waals surface area (Å²) in [5.41, 5.74) is 1.65. The lowest BCUT2D eigenvalue weighted by molar-refractivity contribution is -0.131. The highest BCUT2D eigenvalue weighted by molar-refractivity contribution is 5.96. The number of phenols is 1. The molecule has 31 heavy (non-hydrogen) atoms. The number of carbonyl (C=O) groups is 2. The Kier molecular flexibility index (Phi) is 7.01. The smallest absolute Gasteiger partial charge is 0.339 e. The molecule has 7 heteroatoms. The van der Waals surface area contributed by atoms with Gasteiger partial charge in [0.15, 0.2) is 0 Å². The molecule has 3 aromatic rings. The van der Waals surface area contributed by atoms with Crippen LogP contribution >= 0.6 is 0 Å². The zero-order chi connectivity index (χ0) is 22.2. The van der Waals surface area contributed by atoms with E-state index < -0.39 is 11.7 Å². The Hall–Kier alpha value is -4.13. The lowest BCUT2D eigenvalue weighted by Crippen LogP contribution is -2.27. The van der Waals surface area contributed by atoms with Gasteiger partial charge in [0.05, 0.1) is 26.3 Å². The Bertz CT molecular complexity index is 1080. The van der Waals surface area contributed by atoms with Crippen molar-refractivity contribution in [2.45, 2.75) is 13.0 Å². The Morgan fingerprint density at radius 3 is 2.32 bits per heavy atom. The first-order chi connectivity index (χ1) is 15.0.